The lowest BCUT2D eigenvalue weighted by Crippen LogP contribution is -2.37. The van der Waals surface area contributed by atoms with Crippen LogP contribution in [0.4, 0.5) is 11.4 Å². The monoisotopic (exact) mass is 269 g/mol. The number of nitrogens with two attached hydrogens (primary N) is 2. The van der Waals surface area contributed by atoms with Gasteiger partial charge in [0.05, 0.1) is 0 Å². The number of nitrogen functional groups attached to an aromatic ring is 1. The molecule has 2 amide bonds. The van der Waals surface area contributed by atoms with E-state index in [4.69, 9.17) is 11.5 Å². The summed E-state index contributed by atoms with van der Waals surface area (Å²) in [5.41, 5.74) is 13.4. The zero-order chi connectivity index (χ0) is 12.4. The van der Waals surface area contributed by atoms with Crippen molar-refractivity contribution in [3.63, 3.8) is 0 Å². The van der Waals surface area contributed by atoms with E-state index < -0.39 is 5.91 Å². The second kappa shape index (κ2) is 5.73. The molecule has 0 bridgehead atoms. The van der Waals surface area contributed by atoms with E-state index in [0.717, 1.165) is 24.1 Å². The highest BCUT2D eigenvalue weighted by Gasteiger charge is 2.24. The average molecular weight is 270 g/mol. The van der Waals surface area contributed by atoms with Gasteiger partial charge in [-0.1, -0.05) is 6.07 Å². The number of hydrogen-bond acceptors (Lipinski definition) is 3. The minimum Gasteiger partial charge on any atom is -0.398 e. The van der Waals surface area contributed by atoms with E-state index in [0.29, 0.717) is 12.2 Å². The molecule has 0 saturated carbocycles. The van der Waals surface area contributed by atoms with Crippen LogP contribution in [-0.4, -0.2) is 18.4 Å². The van der Waals surface area contributed by atoms with Gasteiger partial charge in [0.2, 0.25) is 11.8 Å². The summed E-state index contributed by atoms with van der Waals surface area (Å²) in [6.07, 6.45) is 1.46. The standard InChI is InChI=1S/C12H15N3O2.ClH/c13-9-4-1-5-10-8(9)3-2-6-15(10)12(17)7-11(14)16;/h1,4-5H,2-3,6-7,13H2,(H2,14,16);1H. The highest BCUT2D eigenvalue weighted by Crippen LogP contribution is 2.31. The zero-order valence-electron chi connectivity index (χ0n) is 9.89. The van der Waals surface area contributed by atoms with Gasteiger partial charge in [0, 0.05) is 17.9 Å². The van der Waals surface area contributed by atoms with Crippen molar-refractivity contribution in [2.75, 3.05) is 17.2 Å². The second-order valence-corrected chi connectivity index (χ2v) is 4.14. The number of nitrogens with zero attached hydrogens (tertiary/aromatic N) is 1. The molecule has 0 radical (unpaired) electrons. The van der Waals surface area contributed by atoms with Crippen molar-refractivity contribution in [1.82, 2.24) is 0 Å². The Labute approximate surface area is 112 Å². The fraction of sp³-hybridized carbons (Fsp3) is 0.333. The van der Waals surface area contributed by atoms with Crippen LogP contribution in [0.3, 0.4) is 0 Å². The van der Waals surface area contributed by atoms with Crippen LogP contribution in [0.1, 0.15) is 18.4 Å². The van der Waals surface area contributed by atoms with Crippen LogP contribution >= 0.6 is 12.4 Å². The van der Waals surface area contributed by atoms with Gasteiger partial charge in [-0.25, -0.2) is 0 Å². The molecule has 0 aliphatic carbocycles. The Morgan fingerprint density at radius 1 is 1.33 bits per heavy atom. The third-order valence-electron chi connectivity index (χ3n) is 2.91. The molecule has 0 saturated heterocycles. The Morgan fingerprint density at radius 2 is 2.06 bits per heavy atom. The molecule has 18 heavy (non-hydrogen) atoms. The Bertz CT molecular complexity index is 476. The van der Waals surface area contributed by atoms with Gasteiger partial charge < -0.3 is 16.4 Å². The lowest BCUT2D eigenvalue weighted by atomic mass is 9.99. The van der Waals surface area contributed by atoms with Crippen molar-refractivity contribution in [2.45, 2.75) is 19.3 Å². The SMILES string of the molecule is Cl.NC(=O)CC(=O)N1CCCc2c(N)cccc21. The number of carbonyl (C=O) groups excluding carboxylic acids is 2. The Balaban J connectivity index is 0.00000162. The number of hydrogen-bond donors (Lipinski definition) is 2. The highest BCUT2D eigenvalue weighted by atomic mass is 35.5. The number of primary amides is 1. The molecule has 0 atom stereocenters. The molecule has 98 valence electrons. The molecule has 1 aromatic carbocycles. The second-order valence-electron chi connectivity index (χ2n) is 4.14. The number of fused-ring (bicyclic) bond motifs is 1. The van der Waals surface area contributed by atoms with Crippen molar-refractivity contribution in [2.24, 2.45) is 5.73 Å². The minimum absolute atomic E-state index is 0. The Kier molecular flexibility index (Phi) is 4.55. The molecular formula is C12H16ClN3O2. The Morgan fingerprint density at radius 3 is 2.72 bits per heavy atom. The predicted molar refractivity (Wildman–Crippen MR) is 72.6 cm³/mol. The maximum absolute atomic E-state index is 11.9. The maximum Gasteiger partial charge on any atom is 0.236 e. The van der Waals surface area contributed by atoms with Crippen molar-refractivity contribution in [1.29, 1.82) is 0 Å². The largest absolute Gasteiger partial charge is 0.398 e. The summed E-state index contributed by atoms with van der Waals surface area (Å²) in [4.78, 5) is 24.2. The molecule has 0 spiro atoms. The van der Waals surface area contributed by atoms with Crippen LogP contribution in [0.2, 0.25) is 0 Å². The lowest BCUT2D eigenvalue weighted by molar-refractivity contribution is -0.126. The smallest absolute Gasteiger partial charge is 0.236 e. The van der Waals surface area contributed by atoms with Crippen molar-refractivity contribution in [3.8, 4) is 0 Å². The Hall–Kier alpha value is -1.75. The van der Waals surface area contributed by atoms with E-state index in [1.807, 2.05) is 18.2 Å². The van der Waals surface area contributed by atoms with Crippen LogP contribution in [-0.2, 0) is 16.0 Å². The van der Waals surface area contributed by atoms with E-state index in [2.05, 4.69) is 0 Å². The molecule has 0 unspecified atom stereocenters. The van der Waals surface area contributed by atoms with Crippen LogP contribution in [0, 0.1) is 0 Å². The normalized spacial score (nSPS) is 13.4. The number of anilines is 2. The minimum atomic E-state index is -0.606. The summed E-state index contributed by atoms with van der Waals surface area (Å²) in [7, 11) is 0. The van der Waals surface area contributed by atoms with Crippen molar-refractivity contribution in [3.05, 3.63) is 23.8 Å². The van der Waals surface area contributed by atoms with Crippen LogP contribution in [0.15, 0.2) is 18.2 Å². The van der Waals surface area contributed by atoms with E-state index in [1.54, 1.807) is 4.90 Å². The van der Waals surface area contributed by atoms with Gasteiger partial charge in [-0.2, -0.15) is 0 Å². The number of benzene rings is 1. The van der Waals surface area contributed by atoms with Crippen molar-refractivity contribution < 1.29 is 9.59 Å². The van der Waals surface area contributed by atoms with Crippen LogP contribution < -0.4 is 16.4 Å². The average Bonchev–Trinajstić information content (AvgIpc) is 2.28. The van der Waals surface area contributed by atoms with Gasteiger partial charge in [-0.05, 0) is 30.5 Å². The molecule has 1 aromatic rings. The molecule has 1 aliphatic heterocycles. The summed E-state index contributed by atoms with van der Waals surface area (Å²) in [6.45, 7) is 0.614. The number of halogens is 1. The van der Waals surface area contributed by atoms with Crippen LogP contribution in [0.25, 0.3) is 0 Å². The summed E-state index contributed by atoms with van der Waals surface area (Å²) in [5.74, 6) is -0.866. The molecule has 1 heterocycles. The molecule has 4 N–H and O–H groups in total. The van der Waals surface area contributed by atoms with Gasteiger partial charge in [-0.3, -0.25) is 9.59 Å². The third-order valence-corrected chi connectivity index (χ3v) is 2.91. The first kappa shape index (κ1) is 14.3. The van der Waals surface area contributed by atoms with Gasteiger partial charge in [0.1, 0.15) is 6.42 Å². The lowest BCUT2D eigenvalue weighted by Gasteiger charge is -2.30. The van der Waals surface area contributed by atoms with Gasteiger partial charge >= 0.3 is 0 Å². The first-order valence-electron chi connectivity index (χ1n) is 5.55. The van der Waals surface area contributed by atoms with E-state index in [9.17, 15) is 9.59 Å². The number of rotatable bonds is 2. The van der Waals surface area contributed by atoms with Gasteiger partial charge in [-0.15, -0.1) is 12.4 Å². The fourth-order valence-corrected chi connectivity index (χ4v) is 2.16. The summed E-state index contributed by atoms with van der Waals surface area (Å²) in [5, 5.41) is 0. The third kappa shape index (κ3) is 2.73. The van der Waals surface area contributed by atoms with E-state index in [1.165, 1.54) is 0 Å². The number of carbonyl (C=O) groups is 2. The maximum atomic E-state index is 11.9. The molecule has 0 aromatic heterocycles. The van der Waals surface area contributed by atoms with Gasteiger partial charge in [0.25, 0.3) is 0 Å². The number of amides is 2. The zero-order valence-corrected chi connectivity index (χ0v) is 10.7. The first-order chi connectivity index (χ1) is 8.09. The highest BCUT2D eigenvalue weighted by molar-refractivity contribution is 6.05. The quantitative estimate of drug-likeness (QED) is 0.616. The molecule has 0 fully saturated rings. The van der Waals surface area contributed by atoms with E-state index >= 15 is 0 Å². The van der Waals surface area contributed by atoms with Gasteiger partial charge in [0.15, 0.2) is 0 Å². The fourth-order valence-electron chi connectivity index (χ4n) is 2.16. The van der Waals surface area contributed by atoms with E-state index in [-0.39, 0.29) is 24.7 Å². The molecule has 5 nitrogen and oxygen atoms in total. The summed E-state index contributed by atoms with van der Waals surface area (Å²) in [6, 6.07) is 5.48. The van der Waals surface area contributed by atoms with Crippen LogP contribution in [0.5, 0.6) is 0 Å². The summed E-state index contributed by atoms with van der Waals surface area (Å²) >= 11 is 0. The van der Waals surface area contributed by atoms with Crippen molar-refractivity contribution >= 4 is 35.6 Å². The topological polar surface area (TPSA) is 89.4 Å². The molecule has 6 heteroatoms. The summed E-state index contributed by atoms with van der Waals surface area (Å²) < 4.78 is 0. The molecular weight excluding hydrogens is 254 g/mol. The predicted octanol–water partition coefficient (Wildman–Crippen LogP) is 0.845. The molecule has 2 rings (SSSR count). The molecule has 1 aliphatic rings. The first-order valence-corrected chi connectivity index (χ1v) is 5.55.